The van der Waals surface area contributed by atoms with Gasteiger partial charge in [-0.3, -0.25) is 9.59 Å². The third-order valence-corrected chi connectivity index (χ3v) is 3.33. The predicted octanol–water partition coefficient (Wildman–Crippen LogP) is 3.87. The second kappa shape index (κ2) is 8.55. The maximum atomic E-state index is 14.5. The first-order chi connectivity index (χ1) is 10.8. The largest absolute Gasteiger partial charge is 0.504 e. The van der Waals surface area contributed by atoms with E-state index in [9.17, 15) is 27.9 Å². The van der Waals surface area contributed by atoms with Gasteiger partial charge in [0.05, 0.1) is 0 Å². The zero-order chi connectivity index (χ0) is 17.6. The van der Waals surface area contributed by atoms with Crippen LogP contribution in [-0.4, -0.2) is 23.5 Å². The average molecular weight is 332 g/mol. The van der Waals surface area contributed by atoms with Crippen molar-refractivity contribution in [2.45, 2.75) is 46.0 Å². The van der Waals surface area contributed by atoms with Gasteiger partial charge in [-0.15, -0.1) is 0 Å². The van der Waals surface area contributed by atoms with Gasteiger partial charge in [0.15, 0.2) is 18.2 Å². The molecule has 1 N–H and O–H groups in total. The Kier molecular flexibility index (Phi) is 7.06. The van der Waals surface area contributed by atoms with Crippen LogP contribution in [0.1, 0.15) is 55.5 Å². The normalized spacial score (nSPS) is 10.7. The summed E-state index contributed by atoms with van der Waals surface area (Å²) in [5, 5.41) is 9.80. The van der Waals surface area contributed by atoms with Gasteiger partial charge in [0.25, 0.3) is 0 Å². The molecule has 0 unspecified atom stereocenters. The molecule has 23 heavy (non-hydrogen) atoms. The SMILES string of the molecule is CCCCCCc1c(O)c(F)c(OC(C)=O)c(C(=O)CF)c1F. The molecule has 4 nitrogen and oxygen atoms in total. The third kappa shape index (κ3) is 4.46. The summed E-state index contributed by atoms with van der Waals surface area (Å²) in [6, 6.07) is 0. The fraction of sp³-hybridized carbons (Fsp3) is 0.500. The monoisotopic (exact) mass is 332 g/mol. The predicted molar refractivity (Wildman–Crippen MR) is 77.5 cm³/mol. The number of ether oxygens (including phenoxy) is 1. The van der Waals surface area contributed by atoms with Crippen LogP contribution < -0.4 is 4.74 Å². The van der Waals surface area contributed by atoms with Crippen molar-refractivity contribution >= 4 is 11.8 Å². The molecule has 0 bridgehead atoms. The molecule has 0 heterocycles. The van der Waals surface area contributed by atoms with Crippen molar-refractivity contribution in [3.05, 3.63) is 22.8 Å². The third-order valence-electron chi connectivity index (χ3n) is 3.33. The van der Waals surface area contributed by atoms with Crippen LogP contribution in [0.4, 0.5) is 13.2 Å². The van der Waals surface area contributed by atoms with E-state index < -0.39 is 52.7 Å². The van der Waals surface area contributed by atoms with Gasteiger partial charge in [0.2, 0.25) is 11.6 Å². The van der Waals surface area contributed by atoms with Crippen LogP contribution in [-0.2, 0) is 11.2 Å². The number of ketones is 1. The lowest BCUT2D eigenvalue weighted by molar-refractivity contribution is -0.132. The highest BCUT2D eigenvalue weighted by Crippen LogP contribution is 2.37. The minimum atomic E-state index is -1.58. The van der Waals surface area contributed by atoms with Crippen LogP contribution in [0.25, 0.3) is 0 Å². The van der Waals surface area contributed by atoms with Gasteiger partial charge < -0.3 is 9.84 Å². The van der Waals surface area contributed by atoms with Crippen molar-refractivity contribution in [3.63, 3.8) is 0 Å². The molecule has 0 saturated heterocycles. The van der Waals surface area contributed by atoms with Gasteiger partial charge in [0, 0.05) is 12.5 Å². The first-order valence-corrected chi connectivity index (χ1v) is 7.35. The molecule has 1 aromatic rings. The van der Waals surface area contributed by atoms with Crippen molar-refractivity contribution < 1.29 is 32.6 Å². The standard InChI is InChI=1S/C16H19F3O4/c1-3-4-5-6-7-10-13(18)12(11(21)8-17)16(23-9(2)20)14(19)15(10)22/h22H,3-8H2,1-2H3. The minimum absolute atomic E-state index is 0.0124. The van der Waals surface area contributed by atoms with Crippen molar-refractivity contribution in [1.29, 1.82) is 0 Å². The molecule has 0 aliphatic heterocycles. The number of phenolic OH excluding ortho intramolecular Hbond substituents is 1. The molecular formula is C16H19F3O4. The number of halogens is 3. The molecule has 0 aromatic heterocycles. The number of carbonyl (C=O) groups excluding carboxylic acids is 2. The maximum absolute atomic E-state index is 14.5. The van der Waals surface area contributed by atoms with E-state index in [4.69, 9.17) is 0 Å². The minimum Gasteiger partial charge on any atom is -0.504 e. The number of unbranched alkanes of at least 4 members (excludes halogenated alkanes) is 3. The Balaban J connectivity index is 3.35. The highest BCUT2D eigenvalue weighted by atomic mass is 19.1. The van der Waals surface area contributed by atoms with Gasteiger partial charge >= 0.3 is 5.97 Å². The summed E-state index contributed by atoms with van der Waals surface area (Å²) in [6.45, 7) is 1.31. The van der Waals surface area contributed by atoms with E-state index in [1.54, 1.807) is 0 Å². The van der Waals surface area contributed by atoms with Crippen molar-refractivity contribution in [2.75, 3.05) is 6.67 Å². The van der Waals surface area contributed by atoms with Gasteiger partial charge in [-0.05, 0) is 12.8 Å². The Morgan fingerprint density at radius 2 is 1.78 bits per heavy atom. The summed E-state index contributed by atoms with van der Waals surface area (Å²) in [5.41, 5.74) is -1.39. The van der Waals surface area contributed by atoms with E-state index >= 15 is 0 Å². The number of esters is 1. The summed E-state index contributed by atoms with van der Waals surface area (Å²) in [5.74, 6) is -7.17. The van der Waals surface area contributed by atoms with E-state index in [1.165, 1.54) is 0 Å². The first-order valence-electron chi connectivity index (χ1n) is 7.35. The van der Waals surface area contributed by atoms with Crippen molar-refractivity contribution in [2.24, 2.45) is 0 Å². The topological polar surface area (TPSA) is 63.6 Å². The number of alkyl halides is 1. The van der Waals surface area contributed by atoms with E-state index in [-0.39, 0.29) is 6.42 Å². The molecule has 0 fully saturated rings. The number of benzene rings is 1. The summed E-state index contributed by atoms with van der Waals surface area (Å²) in [4.78, 5) is 22.6. The highest BCUT2D eigenvalue weighted by molar-refractivity contribution is 6.01. The molecule has 0 atom stereocenters. The number of hydrogen-bond acceptors (Lipinski definition) is 4. The summed E-state index contributed by atoms with van der Waals surface area (Å²) < 4.78 is 45.7. The molecule has 1 rings (SSSR count). The fourth-order valence-corrected chi connectivity index (χ4v) is 2.22. The lowest BCUT2D eigenvalue weighted by Gasteiger charge is -2.15. The molecule has 0 aliphatic rings. The Hall–Kier alpha value is -2.05. The zero-order valence-corrected chi connectivity index (χ0v) is 13.0. The Morgan fingerprint density at radius 1 is 1.13 bits per heavy atom. The number of carbonyl (C=O) groups is 2. The summed E-state index contributed by atoms with van der Waals surface area (Å²) >= 11 is 0. The van der Waals surface area contributed by atoms with Gasteiger partial charge in [-0.25, -0.2) is 8.78 Å². The van der Waals surface area contributed by atoms with E-state index in [2.05, 4.69) is 4.74 Å². The Morgan fingerprint density at radius 3 is 2.30 bits per heavy atom. The van der Waals surface area contributed by atoms with Crippen LogP contribution in [0.5, 0.6) is 11.5 Å². The lowest BCUT2D eigenvalue weighted by atomic mass is 9.98. The van der Waals surface area contributed by atoms with Crippen molar-refractivity contribution in [1.82, 2.24) is 0 Å². The molecule has 0 aliphatic carbocycles. The number of rotatable bonds is 8. The molecule has 0 spiro atoms. The van der Waals surface area contributed by atoms with E-state index in [1.807, 2.05) is 6.92 Å². The fourth-order valence-electron chi connectivity index (χ4n) is 2.22. The van der Waals surface area contributed by atoms with Crippen molar-refractivity contribution in [3.8, 4) is 11.5 Å². The van der Waals surface area contributed by atoms with Crippen LogP contribution in [0.3, 0.4) is 0 Å². The van der Waals surface area contributed by atoms with Crippen LogP contribution >= 0.6 is 0 Å². The first kappa shape index (κ1) is 19.0. The lowest BCUT2D eigenvalue weighted by Crippen LogP contribution is -2.15. The molecule has 128 valence electrons. The van der Waals surface area contributed by atoms with Gasteiger partial charge in [-0.1, -0.05) is 26.2 Å². The second-order valence-corrected chi connectivity index (χ2v) is 5.12. The molecule has 0 amide bonds. The smallest absolute Gasteiger partial charge is 0.308 e. The molecule has 0 saturated carbocycles. The second-order valence-electron chi connectivity index (χ2n) is 5.12. The number of aromatic hydroxyl groups is 1. The molecule has 0 radical (unpaired) electrons. The molecule has 1 aromatic carbocycles. The zero-order valence-electron chi connectivity index (χ0n) is 13.0. The number of hydrogen-bond donors (Lipinski definition) is 1. The van der Waals surface area contributed by atoms with Gasteiger partial charge in [0.1, 0.15) is 11.4 Å². The Bertz CT molecular complexity index is 600. The molecule has 7 heteroatoms. The highest BCUT2D eigenvalue weighted by Gasteiger charge is 2.30. The van der Waals surface area contributed by atoms with Gasteiger partial charge in [-0.2, -0.15) is 4.39 Å². The van der Waals surface area contributed by atoms with Crippen LogP contribution in [0.15, 0.2) is 0 Å². The Labute approximate surface area is 132 Å². The quantitative estimate of drug-likeness (QED) is 0.340. The number of Topliss-reactive ketones (excluding diaryl/α,β-unsaturated/α-hetero) is 1. The van der Waals surface area contributed by atoms with Crippen LogP contribution in [0.2, 0.25) is 0 Å². The number of phenols is 1. The van der Waals surface area contributed by atoms with E-state index in [0.29, 0.717) is 6.42 Å². The average Bonchev–Trinajstić information content (AvgIpc) is 2.51. The maximum Gasteiger partial charge on any atom is 0.308 e. The summed E-state index contributed by atoms with van der Waals surface area (Å²) in [7, 11) is 0. The van der Waals surface area contributed by atoms with E-state index in [0.717, 1.165) is 26.2 Å². The molecular weight excluding hydrogens is 313 g/mol. The summed E-state index contributed by atoms with van der Waals surface area (Å²) in [6.07, 6.45) is 3.00. The van der Waals surface area contributed by atoms with Crippen LogP contribution in [0, 0.1) is 11.6 Å².